The molecule has 1 aromatic heterocycles. The third kappa shape index (κ3) is 2.47. The summed E-state index contributed by atoms with van der Waals surface area (Å²) in [4.78, 5) is 4.91. The molecule has 3 nitrogen and oxygen atoms in total. The summed E-state index contributed by atoms with van der Waals surface area (Å²) in [6, 6.07) is 8.41. The number of ether oxygens (including phenoxy) is 1. The standard InChI is InChI=1S/C15H18N2O/c1-2-6-15-14(5-1)13(12-16-15)4-3-7-17-8-10-18-11-9-17/h1-6,12,16H,7-11H2/p+1/b4-3+. The molecule has 2 heterocycles. The van der Waals surface area contributed by atoms with Crippen molar-refractivity contribution < 1.29 is 9.64 Å². The fraction of sp³-hybridized carbons (Fsp3) is 0.333. The van der Waals surface area contributed by atoms with E-state index in [1.165, 1.54) is 16.5 Å². The van der Waals surface area contributed by atoms with Gasteiger partial charge in [-0.3, -0.25) is 0 Å². The summed E-state index contributed by atoms with van der Waals surface area (Å²) in [5, 5.41) is 1.30. The number of quaternary nitrogens is 1. The number of benzene rings is 1. The summed E-state index contributed by atoms with van der Waals surface area (Å²) in [6.45, 7) is 5.13. The molecule has 0 saturated carbocycles. The van der Waals surface area contributed by atoms with Crippen LogP contribution in [-0.4, -0.2) is 37.8 Å². The number of H-pyrrole nitrogens is 1. The van der Waals surface area contributed by atoms with Crippen LogP contribution in [0.25, 0.3) is 17.0 Å². The van der Waals surface area contributed by atoms with Gasteiger partial charge in [-0.15, -0.1) is 0 Å². The fourth-order valence-corrected chi connectivity index (χ4v) is 2.45. The van der Waals surface area contributed by atoms with Crippen molar-refractivity contribution in [3.05, 3.63) is 42.1 Å². The lowest BCUT2D eigenvalue weighted by molar-refractivity contribution is -0.902. The molecule has 0 radical (unpaired) electrons. The topological polar surface area (TPSA) is 29.5 Å². The summed E-state index contributed by atoms with van der Waals surface area (Å²) >= 11 is 0. The molecule has 1 aliphatic heterocycles. The zero-order valence-electron chi connectivity index (χ0n) is 10.5. The Hall–Kier alpha value is -1.58. The van der Waals surface area contributed by atoms with Crippen LogP contribution in [0, 0.1) is 0 Å². The van der Waals surface area contributed by atoms with E-state index >= 15 is 0 Å². The van der Waals surface area contributed by atoms with Gasteiger partial charge < -0.3 is 14.6 Å². The van der Waals surface area contributed by atoms with Crippen LogP contribution in [0.15, 0.2) is 36.5 Å². The fourth-order valence-electron chi connectivity index (χ4n) is 2.45. The summed E-state index contributed by atoms with van der Waals surface area (Å²) in [6.07, 6.45) is 6.58. The van der Waals surface area contributed by atoms with E-state index in [0.717, 1.165) is 32.8 Å². The number of fused-ring (bicyclic) bond motifs is 1. The van der Waals surface area contributed by atoms with E-state index in [1.54, 1.807) is 4.90 Å². The van der Waals surface area contributed by atoms with Gasteiger partial charge in [0.15, 0.2) is 0 Å². The average molecular weight is 243 g/mol. The number of para-hydroxylation sites is 1. The molecular weight excluding hydrogens is 224 g/mol. The van der Waals surface area contributed by atoms with Gasteiger partial charge in [-0.05, 0) is 17.7 Å². The van der Waals surface area contributed by atoms with Crippen LogP contribution < -0.4 is 4.90 Å². The second kappa shape index (κ2) is 5.38. The highest BCUT2D eigenvalue weighted by atomic mass is 16.5. The van der Waals surface area contributed by atoms with E-state index in [9.17, 15) is 0 Å². The molecule has 3 rings (SSSR count). The van der Waals surface area contributed by atoms with Gasteiger partial charge in [-0.2, -0.15) is 0 Å². The summed E-state index contributed by atoms with van der Waals surface area (Å²) in [5.74, 6) is 0. The smallest absolute Gasteiger partial charge is 0.101 e. The number of nitrogens with one attached hydrogen (secondary N) is 2. The van der Waals surface area contributed by atoms with Crippen molar-refractivity contribution in [2.24, 2.45) is 0 Å². The van der Waals surface area contributed by atoms with E-state index < -0.39 is 0 Å². The highest BCUT2D eigenvalue weighted by molar-refractivity contribution is 5.88. The highest BCUT2D eigenvalue weighted by Crippen LogP contribution is 2.18. The lowest BCUT2D eigenvalue weighted by atomic mass is 10.1. The summed E-state index contributed by atoms with van der Waals surface area (Å²) in [7, 11) is 0. The average Bonchev–Trinajstić information content (AvgIpc) is 2.84. The predicted molar refractivity (Wildman–Crippen MR) is 73.7 cm³/mol. The van der Waals surface area contributed by atoms with Crippen molar-refractivity contribution in [3.63, 3.8) is 0 Å². The zero-order valence-corrected chi connectivity index (χ0v) is 10.5. The van der Waals surface area contributed by atoms with Gasteiger partial charge in [0.05, 0.1) is 19.8 Å². The molecule has 0 amide bonds. The van der Waals surface area contributed by atoms with Crippen molar-refractivity contribution in [3.8, 4) is 0 Å². The molecule has 18 heavy (non-hydrogen) atoms. The molecule has 1 aromatic carbocycles. The van der Waals surface area contributed by atoms with Gasteiger partial charge in [-0.1, -0.05) is 24.3 Å². The van der Waals surface area contributed by atoms with Crippen LogP contribution in [0.4, 0.5) is 0 Å². The molecule has 1 fully saturated rings. The second-order valence-corrected chi connectivity index (χ2v) is 4.76. The van der Waals surface area contributed by atoms with Crippen molar-refractivity contribution in [1.29, 1.82) is 0 Å². The molecule has 0 aliphatic carbocycles. The number of aromatic amines is 1. The number of morpholine rings is 1. The predicted octanol–water partition coefficient (Wildman–Crippen LogP) is 1.10. The maximum atomic E-state index is 5.36. The third-order valence-corrected chi connectivity index (χ3v) is 3.53. The Morgan fingerprint density at radius 3 is 2.94 bits per heavy atom. The number of hydrogen-bond donors (Lipinski definition) is 2. The molecule has 2 aromatic rings. The molecule has 1 saturated heterocycles. The van der Waals surface area contributed by atoms with Crippen LogP contribution in [0.1, 0.15) is 5.56 Å². The Morgan fingerprint density at radius 1 is 1.22 bits per heavy atom. The van der Waals surface area contributed by atoms with Crippen LogP contribution in [0.3, 0.4) is 0 Å². The van der Waals surface area contributed by atoms with Crippen LogP contribution in [0.5, 0.6) is 0 Å². The van der Waals surface area contributed by atoms with Crippen LogP contribution in [-0.2, 0) is 4.74 Å². The molecule has 2 N–H and O–H groups in total. The molecule has 94 valence electrons. The van der Waals surface area contributed by atoms with E-state index in [0.29, 0.717) is 0 Å². The Balaban J connectivity index is 1.68. The van der Waals surface area contributed by atoms with E-state index in [4.69, 9.17) is 4.74 Å². The Bertz CT molecular complexity index is 538. The van der Waals surface area contributed by atoms with E-state index in [2.05, 4.69) is 47.6 Å². The molecule has 1 aliphatic rings. The van der Waals surface area contributed by atoms with Gasteiger partial charge in [-0.25, -0.2) is 0 Å². The maximum absolute atomic E-state index is 5.36. The van der Waals surface area contributed by atoms with Crippen molar-refractivity contribution in [2.45, 2.75) is 0 Å². The molecule has 0 atom stereocenters. The zero-order chi connectivity index (χ0) is 12.2. The highest BCUT2D eigenvalue weighted by Gasteiger charge is 2.11. The van der Waals surface area contributed by atoms with E-state index in [-0.39, 0.29) is 0 Å². The van der Waals surface area contributed by atoms with Crippen LogP contribution in [0.2, 0.25) is 0 Å². The quantitative estimate of drug-likeness (QED) is 0.830. The normalized spacial score (nSPS) is 17.8. The summed E-state index contributed by atoms with van der Waals surface area (Å²) < 4.78 is 5.36. The lowest BCUT2D eigenvalue weighted by Gasteiger charge is -2.22. The first kappa shape index (κ1) is 11.5. The van der Waals surface area contributed by atoms with Crippen molar-refractivity contribution in [1.82, 2.24) is 4.98 Å². The van der Waals surface area contributed by atoms with Crippen molar-refractivity contribution in [2.75, 3.05) is 32.8 Å². The minimum absolute atomic E-state index is 0.899. The van der Waals surface area contributed by atoms with E-state index in [1.807, 2.05) is 0 Å². The molecule has 0 bridgehead atoms. The second-order valence-electron chi connectivity index (χ2n) is 4.76. The first-order chi connectivity index (χ1) is 8.93. The number of aromatic nitrogens is 1. The van der Waals surface area contributed by atoms with Crippen molar-refractivity contribution >= 4 is 17.0 Å². The van der Waals surface area contributed by atoms with Gasteiger partial charge >= 0.3 is 0 Å². The minimum Gasteiger partial charge on any atom is -0.370 e. The SMILES string of the molecule is C(=C\c1c[nH]c2ccccc12)/C[NH+]1CCOCC1. The first-order valence-electron chi connectivity index (χ1n) is 6.57. The van der Waals surface area contributed by atoms with Gasteiger partial charge in [0.25, 0.3) is 0 Å². The Kier molecular flexibility index (Phi) is 3.44. The van der Waals surface area contributed by atoms with Gasteiger partial charge in [0.2, 0.25) is 0 Å². The summed E-state index contributed by atoms with van der Waals surface area (Å²) in [5.41, 5.74) is 2.48. The van der Waals surface area contributed by atoms with Gasteiger partial charge in [0, 0.05) is 17.1 Å². The Morgan fingerprint density at radius 2 is 2.06 bits per heavy atom. The Labute approximate surface area is 107 Å². The number of rotatable bonds is 3. The monoisotopic (exact) mass is 243 g/mol. The molecule has 0 unspecified atom stereocenters. The first-order valence-corrected chi connectivity index (χ1v) is 6.57. The maximum Gasteiger partial charge on any atom is 0.101 e. The minimum atomic E-state index is 0.899. The third-order valence-electron chi connectivity index (χ3n) is 3.53. The molecule has 0 spiro atoms. The molecule has 3 heteroatoms. The van der Waals surface area contributed by atoms with Gasteiger partial charge in [0.1, 0.15) is 13.1 Å². The lowest BCUT2D eigenvalue weighted by Crippen LogP contribution is -3.13. The number of hydrogen-bond acceptors (Lipinski definition) is 1. The van der Waals surface area contributed by atoms with Crippen LogP contribution >= 0.6 is 0 Å². The largest absolute Gasteiger partial charge is 0.370 e. The molecular formula is C15H19N2O+.